The predicted molar refractivity (Wildman–Crippen MR) is 331 cm³/mol. The fourth-order valence-corrected chi connectivity index (χ4v) is 10.6. The van der Waals surface area contributed by atoms with Crippen molar-refractivity contribution in [3.05, 3.63) is 129 Å². The maximum atomic E-state index is 14.0. The van der Waals surface area contributed by atoms with Crippen LogP contribution in [-0.2, 0) is 76.5 Å². The van der Waals surface area contributed by atoms with Gasteiger partial charge < -0.3 is 43.7 Å². The van der Waals surface area contributed by atoms with Crippen molar-refractivity contribution < 1.29 is 89.0 Å². The van der Waals surface area contributed by atoms with E-state index >= 15 is 0 Å². The third kappa shape index (κ3) is 21.8. The normalized spacial score (nSPS) is 14.6. The number of alkyl halides is 6. The van der Waals surface area contributed by atoms with E-state index < -0.39 is 58.8 Å². The second-order valence-corrected chi connectivity index (χ2v) is 24.3. The SMILES string of the molecule is CCOC(=O)CCN(CC(=O)N1CCc2cc(O)ccc21)C(=O)OC(C)(C)C.CCOC(=O)CCN(CC(=O)N1CCc2cc(OCc3ccc(C4=CCCCC4)c(C(F)(F)F)c3)ccc21)C(=O)OC(C)(C)C.OCc1ccc(C2=CCCCC2)c(C(F)(F)F)c1. The van der Waals surface area contributed by atoms with Crippen LogP contribution in [0, 0.1) is 0 Å². The van der Waals surface area contributed by atoms with Crippen LogP contribution < -0.4 is 14.5 Å². The summed E-state index contributed by atoms with van der Waals surface area (Å²) < 4.78 is 107. The monoisotopic (exact) mass is 1280 g/mol. The van der Waals surface area contributed by atoms with Crippen molar-refractivity contribution in [3.8, 4) is 11.5 Å². The average molecular weight is 1280 g/mol. The van der Waals surface area contributed by atoms with Crippen LogP contribution in [-0.4, -0.2) is 120 Å². The summed E-state index contributed by atoms with van der Waals surface area (Å²) in [5, 5.41) is 18.5. The highest BCUT2D eigenvalue weighted by Gasteiger charge is 2.37. The Labute approximate surface area is 527 Å². The number of halogens is 6. The number of aromatic hydroxyl groups is 1. The predicted octanol–water partition coefficient (Wildman–Crippen LogP) is 13.9. The van der Waals surface area contributed by atoms with Gasteiger partial charge in [-0.1, -0.05) is 36.4 Å². The summed E-state index contributed by atoms with van der Waals surface area (Å²) in [7, 11) is 0. The molecule has 0 radical (unpaired) electrons. The minimum absolute atomic E-state index is 0.0230. The number of nitrogens with zero attached hydrogens (tertiary/aromatic N) is 4. The highest BCUT2D eigenvalue weighted by molar-refractivity contribution is 5.99. The maximum Gasteiger partial charge on any atom is 0.417 e. The van der Waals surface area contributed by atoms with Crippen molar-refractivity contribution in [2.75, 3.05) is 62.3 Å². The number of aliphatic hydroxyl groups excluding tert-OH is 1. The zero-order valence-corrected chi connectivity index (χ0v) is 53.1. The van der Waals surface area contributed by atoms with Crippen molar-refractivity contribution in [1.29, 1.82) is 0 Å². The standard InChI is InChI=1S/C34H41F3N2O6.C20H28N2O6.C14H15F3O/c1-5-43-31(41)16-17-38(32(42)45-33(2,3)4)21-30(40)39-18-15-25-20-26(12-14-29(25)39)44-22-23-11-13-27(24-9-7-6-8-10-24)28(19-23)34(35,36)37;1-5-27-18(25)9-10-21(19(26)28-20(2,3)4)13-17(24)22-11-8-14-12-15(23)6-7-16(14)22;15-14(16,17)13-8-10(9-18)6-7-12(13)11-4-2-1-3-5-11/h9,11-14,19-20H,5-8,10,15-18,21-22H2,1-4H3;6-7,12,23H,5,8-11,13H2,1-4H3;4,6-8,18H,1-3,5,9H2. The number of rotatable bonds is 18. The molecule has 2 N–H and O–H groups in total. The number of benzene rings is 4. The Morgan fingerprint density at radius 2 is 0.989 bits per heavy atom. The summed E-state index contributed by atoms with van der Waals surface area (Å²) in [4.78, 5) is 80.7. The second-order valence-electron chi connectivity index (χ2n) is 24.3. The van der Waals surface area contributed by atoms with Gasteiger partial charge in [-0.3, -0.25) is 29.0 Å². The van der Waals surface area contributed by atoms with Crippen LogP contribution in [0.1, 0.15) is 164 Å². The summed E-state index contributed by atoms with van der Waals surface area (Å²) in [6, 6.07) is 18.5. The molecule has 0 aromatic heterocycles. The van der Waals surface area contributed by atoms with Crippen molar-refractivity contribution in [2.24, 2.45) is 0 Å². The van der Waals surface area contributed by atoms with Gasteiger partial charge in [-0.15, -0.1) is 0 Å². The van der Waals surface area contributed by atoms with E-state index in [0.717, 1.165) is 78.6 Å². The zero-order valence-electron chi connectivity index (χ0n) is 53.1. The molecule has 23 heteroatoms. The van der Waals surface area contributed by atoms with E-state index in [2.05, 4.69) is 0 Å². The van der Waals surface area contributed by atoms with Crippen molar-refractivity contribution in [1.82, 2.24) is 9.80 Å². The van der Waals surface area contributed by atoms with Crippen molar-refractivity contribution >= 4 is 58.5 Å². The van der Waals surface area contributed by atoms with E-state index in [1.54, 1.807) is 108 Å². The van der Waals surface area contributed by atoms with Gasteiger partial charge >= 0.3 is 36.5 Å². The first-order chi connectivity index (χ1) is 42.9. The molecule has 0 saturated heterocycles. The van der Waals surface area contributed by atoms with Crippen molar-refractivity contribution in [2.45, 2.75) is 169 Å². The van der Waals surface area contributed by atoms with Crippen LogP contribution in [0.3, 0.4) is 0 Å². The number of hydrogen-bond donors (Lipinski definition) is 2. The van der Waals surface area contributed by atoms with Gasteiger partial charge in [0.1, 0.15) is 42.4 Å². The van der Waals surface area contributed by atoms with E-state index in [-0.39, 0.29) is 94.1 Å². The van der Waals surface area contributed by atoms with E-state index in [1.807, 2.05) is 12.2 Å². The van der Waals surface area contributed by atoms with E-state index in [9.17, 15) is 60.2 Å². The number of hydrogen-bond acceptors (Lipinski definition) is 13. The molecule has 0 spiro atoms. The number of allylic oxidation sites excluding steroid dienone is 4. The maximum absolute atomic E-state index is 14.0. The van der Waals surface area contributed by atoms with E-state index in [4.69, 9.17) is 28.8 Å². The van der Waals surface area contributed by atoms with Gasteiger partial charge in [0, 0.05) is 37.6 Å². The largest absolute Gasteiger partial charge is 0.508 e. The summed E-state index contributed by atoms with van der Waals surface area (Å²) in [5.74, 6) is -0.919. The first-order valence-electron chi connectivity index (χ1n) is 30.7. The molecule has 4 amide bonds. The molecule has 496 valence electrons. The van der Waals surface area contributed by atoms with E-state index in [0.29, 0.717) is 61.3 Å². The number of amides is 4. The fourth-order valence-electron chi connectivity index (χ4n) is 10.6. The molecule has 4 aromatic carbocycles. The molecule has 2 aliphatic carbocycles. The van der Waals surface area contributed by atoms with Crippen LogP contribution in [0.4, 0.5) is 47.3 Å². The number of carbonyl (C=O) groups excluding carboxylic acids is 6. The highest BCUT2D eigenvalue weighted by Crippen LogP contribution is 2.41. The molecule has 4 aliphatic rings. The first-order valence-corrected chi connectivity index (χ1v) is 30.7. The fraction of sp³-hybridized carbons (Fsp3) is 0.500. The van der Waals surface area contributed by atoms with Crippen LogP contribution in [0.5, 0.6) is 11.5 Å². The molecular formula is C68H84F6N4O13. The number of anilines is 2. The Balaban J connectivity index is 0.000000242. The third-order valence-corrected chi connectivity index (χ3v) is 14.9. The Hall–Kier alpha value is -8.08. The van der Waals surface area contributed by atoms with Gasteiger partial charge in [0.05, 0.1) is 43.8 Å². The Kier molecular flexibility index (Phi) is 25.5. The summed E-state index contributed by atoms with van der Waals surface area (Å²) in [6.07, 6.45) is 1.46. The average Bonchev–Trinajstić information content (AvgIpc) is 1.72. The quantitative estimate of drug-likeness (QED) is 0.0542. The van der Waals surface area contributed by atoms with E-state index in [1.165, 1.54) is 28.0 Å². The van der Waals surface area contributed by atoms with Crippen LogP contribution in [0.15, 0.2) is 84.9 Å². The minimum atomic E-state index is -4.48. The lowest BCUT2D eigenvalue weighted by atomic mass is 9.89. The van der Waals surface area contributed by atoms with Crippen LogP contribution in [0.25, 0.3) is 11.1 Å². The topological polar surface area (TPSA) is 202 Å². The van der Waals surface area contributed by atoms with Crippen LogP contribution in [0.2, 0.25) is 0 Å². The Morgan fingerprint density at radius 1 is 0.549 bits per heavy atom. The van der Waals surface area contributed by atoms with Gasteiger partial charge in [-0.2, -0.15) is 26.3 Å². The molecular weight excluding hydrogens is 1190 g/mol. The van der Waals surface area contributed by atoms with Gasteiger partial charge in [0.25, 0.3) is 0 Å². The summed E-state index contributed by atoms with van der Waals surface area (Å²) in [5.41, 5.74) is 3.02. The lowest BCUT2D eigenvalue weighted by Gasteiger charge is -2.28. The molecule has 17 nitrogen and oxygen atoms in total. The minimum Gasteiger partial charge on any atom is -0.508 e. The number of esters is 2. The first kappa shape index (κ1) is 72.0. The number of aliphatic hydroxyl groups is 1. The number of carbonyl (C=O) groups is 6. The van der Waals surface area contributed by atoms with Gasteiger partial charge in [-0.05, 0) is 213 Å². The smallest absolute Gasteiger partial charge is 0.417 e. The molecule has 8 rings (SSSR count). The molecule has 0 unspecified atom stereocenters. The lowest BCUT2D eigenvalue weighted by Crippen LogP contribution is -2.45. The summed E-state index contributed by atoms with van der Waals surface area (Å²) in [6.45, 7) is 14.1. The number of phenols is 1. The molecule has 4 aromatic rings. The highest BCUT2D eigenvalue weighted by atomic mass is 19.4. The zero-order chi connectivity index (χ0) is 66.8. The number of ether oxygens (including phenoxy) is 5. The molecule has 0 bridgehead atoms. The molecule has 0 saturated carbocycles. The second kappa shape index (κ2) is 32.3. The van der Waals surface area contributed by atoms with Gasteiger partial charge in [-0.25, -0.2) is 9.59 Å². The van der Waals surface area contributed by atoms with Crippen molar-refractivity contribution in [3.63, 3.8) is 0 Å². The molecule has 2 heterocycles. The molecule has 0 atom stereocenters. The molecule has 2 aliphatic heterocycles. The number of fused-ring (bicyclic) bond motifs is 2. The Morgan fingerprint density at radius 3 is 1.41 bits per heavy atom. The summed E-state index contributed by atoms with van der Waals surface area (Å²) >= 11 is 0. The van der Waals surface area contributed by atoms with Gasteiger partial charge in [0.15, 0.2) is 0 Å². The molecule has 91 heavy (non-hydrogen) atoms. The Bertz CT molecular complexity index is 3270. The van der Waals surface area contributed by atoms with Crippen LogP contribution >= 0.6 is 0 Å². The number of phenolic OH excluding ortho intramolecular Hbond substituents is 1. The lowest BCUT2D eigenvalue weighted by molar-refractivity contribution is -0.144. The molecule has 0 fully saturated rings. The van der Waals surface area contributed by atoms with Gasteiger partial charge in [0.2, 0.25) is 11.8 Å². The third-order valence-electron chi connectivity index (χ3n) is 14.9.